The molecule has 0 unspecified atom stereocenters. The van der Waals surface area contributed by atoms with Crippen LogP contribution in [0.25, 0.3) is 0 Å². The number of benzene rings is 1. The van der Waals surface area contributed by atoms with Crippen LogP contribution in [0.4, 0.5) is 0 Å². The first-order valence-electron chi connectivity index (χ1n) is 10.9. The zero-order valence-corrected chi connectivity index (χ0v) is 19.9. The highest BCUT2D eigenvalue weighted by atomic mass is 16.5. The molecular weight excluding hydrogens is 396 g/mol. The molecule has 0 amide bonds. The summed E-state index contributed by atoms with van der Waals surface area (Å²) in [5.41, 5.74) is -0.0332. The van der Waals surface area contributed by atoms with Crippen LogP contribution in [-0.2, 0) is 29.3 Å². The summed E-state index contributed by atoms with van der Waals surface area (Å²) in [6.07, 6.45) is -1.13. The van der Waals surface area contributed by atoms with Gasteiger partial charge < -0.3 is 14.6 Å². The van der Waals surface area contributed by atoms with Crippen LogP contribution in [0.5, 0.6) is 0 Å². The van der Waals surface area contributed by atoms with Gasteiger partial charge in [-0.3, -0.25) is 14.4 Å². The first-order valence-corrected chi connectivity index (χ1v) is 10.9. The molecule has 0 bridgehead atoms. The lowest BCUT2D eigenvalue weighted by Gasteiger charge is -2.44. The standard InChI is InChI=1S/C25H36O6/c1-14(2)30-22(27)20-18(26)13-25(8,29)21(23(28)31-15(3)4)19(20)16-9-11-17(12-10-16)24(5,6)7/h9-12,14-15,19-21,29H,13H2,1-8H3/t19-,20+,21+,25+/m1/s1. The van der Waals surface area contributed by atoms with Gasteiger partial charge in [0.25, 0.3) is 0 Å². The summed E-state index contributed by atoms with van der Waals surface area (Å²) >= 11 is 0. The second kappa shape index (κ2) is 9.11. The maximum Gasteiger partial charge on any atom is 0.317 e. The second-order valence-corrected chi connectivity index (χ2v) is 10.3. The average Bonchev–Trinajstić information content (AvgIpc) is 2.57. The summed E-state index contributed by atoms with van der Waals surface area (Å²) in [7, 11) is 0. The summed E-state index contributed by atoms with van der Waals surface area (Å²) in [6.45, 7) is 14.6. The van der Waals surface area contributed by atoms with E-state index < -0.39 is 53.3 Å². The lowest BCUT2D eigenvalue weighted by Crippen LogP contribution is -2.55. The molecule has 1 fully saturated rings. The number of hydrogen-bond acceptors (Lipinski definition) is 6. The van der Waals surface area contributed by atoms with Crippen LogP contribution in [-0.4, -0.2) is 40.6 Å². The number of carbonyl (C=O) groups is 3. The van der Waals surface area contributed by atoms with Crippen LogP contribution >= 0.6 is 0 Å². The van der Waals surface area contributed by atoms with E-state index in [0.717, 1.165) is 5.56 Å². The molecule has 1 aliphatic carbocycles. The number of carbonyl (C=O) groups excluding carboxylic acids is 3. The van der Waals surface area contributed by atoms with Crippen molar-refractivity contribution in [2.45, 2.75) is 91.0 Å². The third kappa shape index (κ3) is 5.73. The smallest absolute Gasteiger partial charge is 0.317 e. The number of rotatable bonds is 5. The predicted octanol–water partition coefficient (Wildman–Crippen LogP) is 3.93. The molecule has 0 saturated heterocycles. The largest absolute Gasteiger partial charge is 0.463 e. The van der Waals surface area contributed by atoms with E-state index in [-0.39, 0.29) is 11.8 Å². The van der Waals surface area contributed by atoms with Gasteiger partial charge in [-0.25, -0.2) is 0 Å². The van der Waals surface area contributed by atoms with Gasteiger partial charge in [-0.2, -0.15) is 0 Å². The van der Waals surface area contributed by atoms with E-state index in [1.165, 1.54) is 6.92 Å². The van der Waals surface area contributed by atoms with E-state index in [9.17, 15) is 19.5 Å². The zero-order chi connectivity index (χ0) is 23.7. The fourth-order valence-corrected chi connectivity index (χ4v) is 4.23. The SMILES string of the molecule is CC(C)OC(=O)[C@H]1C(=O)C[C@](C)(O)[C@H](C(=O)OC(C)C)[C@@H]1c1ccc(C(C)(C)C)cc1. The molecule has 0 aromatic heterocycles. The molecule has 4 atom stereocenters. The lowest BCUT2D eigenvalue weighted by molar-refractivity contribution is -0.176. The van der Waals surface area contributed by atoms with Crippen molar-refractivity contribution in [1.29, 1.82) is 0 Å². The van der Waals surface area contributed by atoms with Gasteiger partial charge in [0.1, 0.15) is 5.92 Å². The van der Waals surface area contributed by atoms with E-state index >= 15 is 0 Å². The number of ketones is 1. The van der Waals surface area contributed by atoms with Gasteiger partial charge in [0.15, 0.2) is 5.78 Å². The highest BCUT2D eigenvalue weighted by molar-refractivity contribution is 6.02. The van der Waals surface area contributed by atoms with Crippen molar-refractivity contribution in [3.63, 3.8) is 0 Å². The molecule has 2 rings (SSSR count). The minimum absolute atomic E-state index is 0.0850. The first-order chi connectivity index (χ1) is 14.1. The molecule has 0 radical (unpaired) electrons. The van der Waals surface area contributed by atoms with Crippen molar-refractivity contribution in [1.82, 2.24) is 0 Å². The first kappa shape index (κ1) is 25.1. The number of ether oxygens (including phenoxy) is 2. The van der Waals surface area contributed by atoms with Gasteiger partial charge in [-0.1, -0.05) is 45.0 Å². The molecule has 172 valence electrons. The summed E-state index contributed by atoms with van der Waals surface area (Å²) in [5.74, 6) is -4.90. The Morgan fingerprint density at radius 3 is 1.94 bits per heavy atom. The van der Waals surface area contributed by atoms with E-state index in [1.54, 1.807) is 27.7 Å². The highest BCUT2D eigenvalue weighted by Gasteiger charge is 2.57. The summed E-state index contributed by atoms with van der Waals surface area (Å²) in [5, 5.41) is 11.1. The van der Waals surface area contributed by atoms with Gasteiger partial charge in [0.05, 0.1) is 23.7 Å². The molecule has 1 saturated carbocycles. The zero-order valence-electron chi connectivity index (χ0n) is 19.9. The monoisotopic (exact) mass is 432 g/mol. The van der Waals surface area contributed by atoms with Crippen molar-refractivity contribution < 1.29 is 29.0 Å². The predicted molar refractivity (Wildman–Crippen MR) is 118 cm³/mol. The molecule has 1 aliphatic rings. The minimum atomic E-state index is -1.65. The molecule has 1 aromatic rings. The molecule has 6 nitrogen and oxygen atoms in total. The topological polar surface area (TPSA) is 89.9 Å². The number of aliphatic hydroxyl groups is 1. The van der Waals surface area contributed by atoms with Crippen LogP contribution in [0.3, 0.4) is 0 Å². The maximum atomic E-state index is 13.1. The molecule has 0 aliphatic heterocycles. The average molecular weight is 433 g/mol. The molecule has 1 N–H and O–H groups in total. The number of Topliss-reactive ketones (excluding diaryl/α,β-unsaturated/α-hetero) is 1. The van der Waals surface area contributed by atoms with Gasteiger partial charge in [0, 0.05) is 12.3 Å². The van der Waals surface area contributed by atoms with Gasteiger partial charge >= 0.3 is 11.9 Å². The molecular formula is C25H36O6. The van der Waals surface area contributed by atoms with E-state index in [4.69, 9.17) is 9.47 Å². The fourth-order valence-electron chi connectivity index (χ4n) is 4.23. The van der Waals surface area contributed by atoms with E-state index in [2.05, 4.69) is 20.8 Å². The third-order valence-corrected chi connectivity index (χ3v) is 5.64. The van der Waals surface area contributed by atoms with Gasteiger partial charge in [0.2, 0.25) is 0 Å². The molecule has 31 heavy (non-hydrogen) atoms. The Morgan fingerprint density at radius 2 is 1.48 bits per heavy atom. The van der Waals surface area contributed by atoms with Crippen LogP contribution in [0.15, 0.2) is 24.3 Å². The van der Waals surface area contributed by atoms with E-state index in [0.29, 0.717) is 5.56 Å². The third-order valence-electron chi connectivity index (χ3n) is 5.64. The van der Waals surface area contributed by atoms with E-state index in [1.807, 2.05) is 24.3 Å². The van der Waals surface area contributed by atoms with Crippen molar-refractivity contribution in [2.75, 3.05) is 0 Å². The van der Waals surface area contributed by atoms with Gasteiger partial charge in [-0.05, 0) is 51.2 Å². The minimum Gasteiger partial charge on any atom is -0.463 e. The van der Waals surface area contributed by atoms with Crippen molar-refractivity contribution in [2.24, 2.45) is 11.8 Å². The molecule has 0 heterocycles. The molecule has 6 heteroatoms. The molecule has 0 spiro atoms. The van der Waals surface area contributed by atoms with Crippen LogP contribution < -0.4 is 0 Å². The van der Waals surface area contributed by atoms with Crippen LogP contribution in [0.2, 0.25) is 0 Å². The Kier molecular flexibility index (Phi) is 7.36. The molecule has 1 aromatic carbocycles. The maximum absolute atomic E-state index is 13.1. The number of esters is 2. The quantitative estimate of drug-likeness (QED) is 0.560. The second-order valence-electron chi connectivity index (χ2n) is 10.3. The van der Waals surface area contributed by atoms with Crippen LogP contribution in [0.1, 0.15) is 78.9 Å². The van der Waals surface area contributed by atoms with Gasteiger partial charge in [-0.15, -0.1) is 0 Å². The number of hydrogen-bond donors (Lipinski definition) is 1. The Bertz CT molecular complexity index is 805. The fraction of sp³-hybridized carbons (Fsp3) is 0.640. The Labute approximate surface area is 185 Å². The highest BCUT2D eigenvalue weighted by Crippen LogP contribution is 2.47. The lowest BCUT2D eigenvalue weighted by atomic mass is 9.61. The normalized spacial score (nSPS) is 26.8. The Hall–Kier alpha value is -2.21. The Morgan fingerprint density at radius 1 is 1.00 bits per heavy atom. The van der Waals surface area contributed by atoms with Crippen molar-refractivity contribution in [3.8, 4) is 0 Å². The van der Waals surface area contributed by atoms with Crippen LogP contribution in [0, 0.1) is 11.8 Å². The summed E-state index contributed by atoms with van der Waals surface area (Å²) < 4.78 is 10.8. The van der Waals surface area contributed by atoms with Crippen molar-refractivity contribution >= 4 is 17.7 Å². The summed E-state index contributed by atoms with van der Waals surface area (Å²) in [6, 6.07) is 7.51. The van der Waals surface area contributed by atoms with Crippen molar-refractivity contribution in [3.05, 3.63) is 35.4 Å². The summed E-state index contributed by atoms with van der Waals surface area (Å²) in [4.78, 5) is 39.1. The Balaban J connectivity index is 2.63.